The van der Waals surface area contributed by atoms with Gasteiger partial charge in [-0.3, -0.25) is 9.89 Å². The van der Waals surface area contributed by atoms with Gasteiger partial charge in [0.05, 0.1) is 5.71 Å². The van der Waals surface area contributed by atoms with E-state index in [4.69, 9.17) is 5.73 Å². The van der Waals surface area contributed by atoms with Crippen LogP contribution in [0.3, 0.4) is 0 Å². The van der Waals surface area contributed by atoms with Crippen molar-refractivity contribution < 1.29 is 0 Å². The maximum atomic E-state index is 5.35. The summed E-state index contributed by atoms with van der Waals surface area (Å²) in [7, 11) is 0. The first kappa shape index (κ1) is 10.3. The fraction of sp³-hybridized carbons (Fsp3) is 0.700. The van der Waals surface area contributed by atoms with Crippen LogP contribution in [0, 0.1) is 0 Å². The van der Waals surface area contributed by atoms with Gasteiger partial charge in [-0.25, -0.2) is 0 Å². The van der Waals surface area contributed by atoms with Gasteiger partial charge in [0.25, 0.3) is 0 Å². The smallest absolute Gasteiger partial charge is 0.0503 e. The maximum absolute atomic E-state index is 5.35. The molecule has 0 saturated carbocycles. The van der Waals surface area contributed by atoms with E-state index in [1.807, 2.05) is 6.08 Å². The molecule has 3 nitrogen and oxygen atoms in total. The normalized spacial score (nSPS) is 20.7. The summed E-state index contributed by atoms with van der Waals surface area (Å²) in [5.41, 5.74) is 6.46. The van der Waals surface area contributed by atoms with Gasteiger partial charge >= 0.3 is 0 Å². The van der Waals surface area contributed by atoms with Crippen molar-refractivity contribution in [3.05, 3.63) is 12.3 Å². The molecule has 0 saturated heterocycles. The average molecular weight is 181 g/mol. The Morgan fingerprint density at radius 1 is 1.54 bits per heavy atom. The molecule has 1 aliphatic heterocycles. The van der Waals surface area contributed by atoms with Crippen LogP contribution in [0.5, 0.6) is 0 Å². The zero-order valence-electron chi connectivity index (χ0n) is 8.53. The number of rotatable bonds is 2. The van der Waals surface area contributed by atoms with E-state index in [0.29, 0.717) is 6.04 Å². The SMILES string of the molecule is CC(C)N1CCCN=C(/C=C\N)C1. The van der Waals surface area contributed by atoms with E-state index in [2.05, 4.69) is 23.7 Å². The Bertz CT molecular complexity index is 206. The number of nitrogens with two attached hydrogens (primary N) is 1. The molecular formula is C10H19N3. The van der Waals surface area contributed by atoms with Crippen LogP contribution in [0.2, 0.25) is 0 Å². The molecule has 0 atom stereocenters. The van der Waals surface area contributed by atoms with E-state index in [9.17, 15) is 0 Å². The second-order valence-electron chi connectivity index (χ2n) is 3.65. The van der Waals surface area contributed by atoms with Crippen LogP contribution in [0.1, 0.15) is 20.3 Å². The van der Waals surface area contributed by atoms with E-state index < -0.39 is 0 Å². The Balaban J connectivity index is 2.60. The van der Waals surface area contributed by atoms with Gasteiger partial charge in [0.2, 0.25) is 0 Å². The predicted octanol–water partition coefficient (Wildman–Crippen LogP) is 1.01. The first-order valence-corrected chi connectivity index (χ1v) is 4.89. The molecule has 74 valence electrons. The summed E-state index contributed by atoms with van der Waals surface area (Å²) in [6, 6.07) is 0.592. The lowest BCUT2D eigenvalue weighted by Crippen LogP contribution is -2.34. The monoisotopic (exact) mass is 181 g/mol. The van der Waals surface area contributed by atoms with Crippen molar-refractivity contribution in [2.75, 3.05) is 19.6 Å². The van der Waals surface area contributed by atoms with E-state index in [1.54, 1.807) is 6.20 Å². The number of hydrogen-bond donors (Lipinski definition) is 1. The fourth-order valence-electron chi connectivity index (χ4n) is 1.49. The highest BCUT2D eigenvalue weighted by Crippen LogP contribution is 2.05. The summed E-state index contributed by atoms with van der Waals surface area (Å²) in [6.45, 7) is 7.45. The van der Waals surface area contributed by atoms with Gasteiger partial charge in [-0.05, 0) is 32.5 Å². The second kappa shape index (κ2) is 5.02. The first-order valence-electron chi connectivity index (χ1n) is 4.89. The van der Waals surface area contributed by atoms with Gasteiger partial charge in [0.15, 0.2) is 0 Å². The second-order valence-corrected chi connectivity index (χ2v) is 3.65. The summed E-state index contributed by atoms with van der Waals surface area (Å²) >= 11 is 0. The van der Waals surface area contributed by atoms with Crippen LogP contribution in [0.15, 0.2) is 17.3 Å². The van der Waals surface area contributed by atoms with Crippen molar-refractivity contribution in [3.63, 3.8) is 0 Å². The third-order valence-electron chi connectivity index (χ3n) is 2.30. The van der Waals surface area contributed by atoms with Crippen LogP contribution in [0.4, 0.5) is 0 Å². The molecule has 0 aromatic heterocycles. The minimum atomic E-state index is 0.592. The minimum Gasteiger partial charge on any atom is -0.405 e. The van der Waals surface area contributed by atoms with Crippen molar-refractivity contribution in [2.45, 2.75) is 26.3 Å². The van der Waals surface area contributed by atoms with Gasteiger partial charge in [-0.15, -0.1) is 0 Å². The summed E-state index contributed by atoms with van der Waals surface area (Å²) in [5, 5.41) is 0. The molecule has 0 unspecified atom stereocenters. The third-order valence-corrected chi connectivity index (χ3v) is 2.30. The Morgan fingerprint density at radius 3 is 2.92 bits per heavy atom. The molecule has 13 heavy (non-hydrogen) atoms. The summed E-state index contributed by atoms with van der Waals surface area (Å²) in [5.74, 6) is 0. The molecule has 3 heteroatoms. The molecule has 0 spiro atoms. The van der Waals surface area contributed by atoms with Gasteiger partial charge in [-0.2, -0.15) is 0 Å². The number of aliphatic imine (C=N–C) groups is 1. The minimum absolute atomic E-state index is 0.592. The summed E-state index contributed by atoms with van der Waals surface area (Å²) < 4.78 is 0. The van der Waals surface area contributed by atoms with E-state index in [0.717, 1.165) is 31.8 Å². The zero-order valence-corrected chi connectivity index (χ0v) is 8.53. The van der Waals surface area contributed by atoms with Crippen LogP contribution >= 0.6 is 0 Å². The van der Waals surface area contributed by atoms with Gasteiger partial charge in [0, 0.05) is 25.7 Å². The lowest BCUT2D eigenvalue weighted by molar-refractivity contribution is 0.257. The van der Waals surface area contributed by atoms with Crippen LogP contribution < -0.4 is 5.73 Å². The highest BCUT2D eigenvalue weighted by atomic mass is 15.2. The topological polar surface area (TPSA) is 41.6 Å². The highest BCUT2D eigenvalue weighted by molar-refractivity contribution is 5.96. The Hall–Kier alpha value is -0.830. The maximum Gasteiger partial charge on any atom is 0.0503 e. The molecular weight excluding hydrogens is 162 g/mol. The number of nitrogens with zero attached hydrogens (tertiary/aromatic N) is 2. The molecule has 0 amide bonds. The fourth-order valence-corrected chi connectivity index (χ4v) is 1.49. The van der Waals surface area contributed by atoms with Crippen molar-refractivity contribution in [2.24, 2.45) is 10.7 Å². The van der Waals surface area contributed by atoms with Gasteiger partial charge in [0.1, 0.15) is 0 Å². The van der Waals surface area contributed by atoms with E-state index in [-0.39, 0.29) is 0 Å². The molecule has 0 radical (unpaired) electrons. The van der Waals surface area contributed by atoms with Crippen molar-refractivity contribution in [1.29, 1.82) is 0 Å². The highest BCUT2D eigenvalue weighted by Gasteiger charge is 2.13. The van der Waals surface area contributed by atoms with Crippen LogP contribution in [0.25, 0.3) is 0 Å². The van der Waals surface area contributed by atoms with Crippen LogP contribution in [-0.4, -0.2) is 36.3 Å². The van der Waals surface area contributed by atoms with Gasteiger partial charge in [-0.1, -0.05) is 0 Å². The Morgan fingerprint density at radius 2 is 2.31 bits per heavy atom. The number of hydrogen-bond acceptors (Lipinski definition) is 3. The predicted molar refractivity (Wildman–Crippen MR) is 57.0 cm³/mol. The quantitative estimate of drug-likeness (QED) is 0.691. The lowest BCUT2D eigenvalue weighted by atomic mass is 10.2. The lowest BCUT2D eigenvalue weighted by Gasteiger charge is -2.24. The van der Waals surface area contributed by atoms with Crippen molar-refractivity contribution in [1.82, 2.24) is 4.90 Å². The Labute approximate surface area is 80.3 Å². The Kier molecular flexibility index (Phi) is 3.96. The molecule has 0 aliphatic carbocycles. The van der Waals surface area contributed by atoms with Crippen molar-refractivity contribution in [3.8, 4) is 0 Å². The standard InChI is InChI=1S/C10H19N3/c1-9(2)13-7-3-6-12-10(8-13)4-5-11/h4-5,9H,3,6-8,11H2,1-2H3/b5-4-. The third kappa shape index (κ3) is 3.19. The molecule has 1 aliphatic rings. The summed E-state index contributed by atoms with van der Waals surface area (Å²) in [4.78, 5) is 6.88. The average Bonchev–Trinajstić information content (AvgIpc) is 2.30. The summed E-state index contributed by atoms with van der Waals surface area (Å²) in [6.07, 6.45) is 4.63. The molecule has 0 aromatic carbocycles. The molecule has 1 rings (SSSR count). The largest absolute Gasteiger partial charge is 0.405 e. The molecule has 0 aromatic rings. The molecule has 0 bridgehead atoms. The molecule has 2 N–H and O–H groups in total. The van der Waals surface area contributed by atoms with Crippen LogP contribution in [-0.2, 0) is 0 Å². The van der Waals surface area contributed by atoms with Crippen molar-refractivity contribution >= 4 is 5.71 Å². The molecule has 1 heterocycles. The van der Waals surface area contributed by atoms with E-state index >= 15 is 0 Å². The zero-order chi connectivity index (χ0) is 9.68. The van der Waals surface area contributed by atoms with Gasteiger partial charge < -0.3 is 5.73 Å². The first-order chi connectivity index (χ1) is 6.24. The molecule has 0 fully saturated rings. The van der Waals surface area contributed by atoms with E-state index in [1.165, 1.54) is 0 Å².